The van der Waals surface area contributed by atoms with E-state index in [-0.39, 0.29) is 18.9 Å². The van der Waals surface area contributed by atoms with Gasteiger partial charge in [0.2, 0.25) is 5.91 Å². The van der Waals surface area contributed by atoms with Gasteiger partial charge in [0.25, 0.3) is 0 Å². The number of carbonyl (C=O) groups excluding carboxylic acids is 1. The van der Waals surface area contributed by atoms with Gasteiger partial charge in [-0.2, -0.15) is 0 Å². The molecule has 50 heavy (non-hydrogen) atoms. The highest BCUT2D eigenvalue weighted by molar-refractivity contribution is 5.75. The quantitative estimate of drug-likeness (QED) is 0.0302. The van der Waals surface area contributed by atoms with Crippen molar-refractivity contribution >= 4 is 5.91 Å². The molecule has 9 nitrogen and oxygen atoms in total. The monoisotopic (exact) mass is 712 g/mol. The van der Waals surface area contributed by atoms with Crippen molar-refractivity contribution in [3.8, 4) is 0 Å². The van der Waals surface area contributed by atoms with E-state index in [1.807, 2.05) is 6.08 Å². The molecule has 1 aliphatic rings. The lowest BCUT2D eigenvalue weighted by Gasteiger charge is -2.40. The minimum Gasteiger partial charge on any atom is -0.394 e. The standard InChI is InChI=1S/C41H77NO8/c1-3-5-6-7-8-9-10-11-12-13-14-15-16-17-18-19-20-21-22-23-24-25-26-27-28-29-30-31-35(44)34(42-37(45)4-2)33-49-41-40(48)39(47)38(46)36(32-43)50-41/h26-27,30-31,34-36,38-41,43-44,46-48H,3-25,28-29,32-33H2,1-2H3,(H,42,45)/b27-26+,31-30+. The molecule has 9 heteroatoms. The fraction of sp³-hybridized carbons (Fsp3) is 0.878. The number of aliphatic hydroxyl groups excluding tert-OH is 5. The van der Waals surface area contributed by atoms with E-state index in [4.69, 9.17) is 9.47 Å². The summed E-state index contributed by atoms with van der Waals surface area (Å²) >= 11 is 0. The van der Waals surface area contributed by atoms with Gasteiger partial charge >= 0.3 is 0 Å². The minimum atomic E-state index is -1.56. The van der Waals surface area contributed by atoms with Crippen LogP contribution in [0.3, 0.4) is 0 Å². The highest BCUT2D eigenvalue weighted by Gasteiger charge is 2.44. The maximum absolute atomic E-state index is 12.0. The Bertz CT molecular complexity index is 837. The van der Waals surface area contributed by atoms with Gasteiger partial charge in [0.05, 0.1) is 25.4 Å². The Kier molecular flexibility index (Phi) is 30.2. The summed E-state index contributed by atoms with van der Waals surface area (Å²) in [6.07, 6.45) is 32.0. The zero-order valence-electron chi connectivity index (χ0n) is 31.9. The van der Waals surface area contributed by atoms with Crippen LogP contribution < -0.4 is 5.32 Å². The number of aliphatic hydroxyl groups is 5. The maximum atomic E-state index is 12.0. The number of hydrogen-bond donors (Lipinski definition) is 6. The third-order valence-corrected chi connectivity index (χ3v) is 9.84. The van der Waals surface area contributed by atoms with Gasteiger partial charge in [0.1, 0.15) is 24.4 Å². The molecule has 1 amide bonds. The summed E-state index contributed by atoms with van der Waals surface area (Å²) < 4.78 is 10.9. The van der Waals surface area contributed by atoms with Crippen molar-refractivity contribution < 1.29 is 39.8 Å². The Labute approximate surface area is 305 Å². The molecular weight excluding hydrogens is 634 g/mol. The summed E-state index contributed by atoms with van der Waals surface area (Å²) in [4.78, 5) is 12.0. The van der Waals surface area contributed by atoms with E-state index in [2.05, 4.69) is 24.4 Å². The normalized spacial score (nSPS) is 22.4. The number of carbonyl (C=O) groups is 1. The molecule has 7 unspecified atom stereocenters. The van der Waals surface area contributed by atoms with Crippen LogP contribution in [0.5, 0.6) is 0 Å². The van der Waals surface area contributed by atoms with Crippen LogP contribution in [0.4, 0.5) is 0 Å². The van der Waals surface area contributed by atoms with Crippen molar-refractivity contribution in [2.24, 2.45) is 0 Å². The smallest absolute Gasteiger partial charge is 0.220 e. The van der Waals surface area contributed by atoms with Gasteiger partial charge < -0.3 is 40.3 Å². The predicted molar refractivity (Wildman–Crippen MR) is 203 cm³/mol. The Morgan fingerprint density at radius 2 is 1.12 bits per heavy atom. The molecule has 1 aliphatic heterocycles. The van der Waals surface area contributed by atoms with Crippen LogP contribution in [0.2, 0.25) is 0 Å². The molecule has 0 aromatic carbocycles. The zero-order valence-corrected chi connectivity index (χ0v) is 31.9. The van der Waals surface area contributed by atoms with Crippen LogP contribution in [0.1, 0.15) is 174 Å². The van der Waals surface area contributed by atoms with Crippen LogP contribution in [0, 0.1) is 0 Å². The molecule has 1 fully saturated rings. The fourth-order valence-corrected chi connectivity index (χ4v) is 6.43. The molecule has 0 aromatic rings. The van der Waals surface area contributed by atoms with E-state index in [1.54, 1.807) is 13.0 Å². The van der Waals surface area contributed by atoms with Crippen LogP contribution >= 0.6 is 0 Å². The number of unbranched alkanes of at least 4 members (excludes halogenated alkanes) is 22. The lowest BCUT2D eigenvalue weighted by Crippen LogP contribution is -2.60. The van der Waals surface area contributed by atoms with E-state index < -0.39 is 49.5 Å². The molecule has 0 aliphatic carbocycles. The van der Waals surface area contributed by atoms with Crippen molar-refractivity contribution in [3.63, 3.8) is 0 Å². The SMILES string of the molecule is CCCCCCCCCCCCCCCCCCCCCCC/C=C/CC/C=C/C(O)C(COC1OC(CO)C(O)C(O)C1O)NC(=O)CC. The first-order valence-electron chi connectivity index (χ1n) is 20.6. The van der Waals surface area contributed by atoms with Crippen LogP contribution in [-0.4, -0.2) is 87.5 Å². The summed E-state index contributed by atoms with van der Waals surface area (Å²) in [5, 5.41) is 52.9. The number of hydrogen-bond acceptors (Lipinski definition) is 8. The van der Waals surface area contributed by atoms with E-state index in [9.17, 15) is 30.3 Å². The molecule has 0 spiro atoms. The molecule has 0 saturated carbocycles. The topological polar surface area (TPSA) is 149 Å². The van der Waals surface area contributed by atoms with E-state index in [0.29, 0.717) is 0 Å². The van der Waals surface area contributed by atoms with Crippen LogP contribution in [0.25, 0.3) is 0 Å². The molecule has 0 bridgehead atoms. The van der Waals surface area contributed by atoms with Crippen LogP contribution in [-0.2, 0) is 14.3 Å². The fourth-order valence-electron chi connectivity index (χ4n) is 6.43. The van der Waals surface area contributed by atoms with E-state index >= 15 is 0 Å². The number of ether oxygens (including phenoxy) is 2. The second-order valence-electron chi connectivity index (χ2n) is 14.4. The summed E-state index contributed by atoms with van der Waals surface area (Å²) in [5.41, 5.74) is 0. The average Bonchev–Trinajstić information content (AvgIpc) is 3.12. The predicted octanol–water partition coefficient (Wildman–Crippen LogP) is 7.55. The third kappa shape index (κ3) is 23.3. The number of nitrogens with one attached hydrogen (secondary N) is 1. The van der Waals surface area contributed by atoms with Gasteiger partial charge in [-0.05, 0) is 25.7 Å². The largest absolute Gasteiger partial charge is 0.394 e. The number of rotatable bonds is 33. The van der Waals surface area contributed by atoms with Crippen molar-refractivity contribution in [3.05, 3.63) is 24.3 Å². The Morgan fingerprint density at radius 1 is 0.660 bits per heavy atom. The van der Waals surface area contributed by atoms with E-state index in [1.165, 1.54) is 135 Å². The first-order valence-corrected chi connectivity index (χ1v) is 20.6. The molecule has 1 saturated heterocycles. The van der Waals surface area contributed by atoms with E-state index in [0.717, 1.165) is 19.3 Å². The lowest BCUT2D eigenvalue weighted by molar-refractivity contribution is -0.302. The first-order chi connectivity index (χ1) is 24.3. The molecule has 6 N–H and O–H groups in total. The van der Waals surface area contributed by atoms with Crippen molar-refractivity contribution in [2.75, 3.05) is 13.2 Å². The highest BCUT2D eigenvalue weighted by atomic mass is 16.7. The highest BCUT2D eigenvalue weighted by Crippen LogP contribution is 2.22. The number of amides is 1. The molecule has 0 radical (unpaired) electrons. The second kappa shape index (κ2) is 32.3. The Hall–Kier alpha value is -1.33. The number of allylic oxidation sites excluding steroid dienone is 3. The van der Waals surface area contributed by atoms with Gasteiger partial charge in [-0.3, -0.25) is 4.79 Å². The Balaban J connectivity index is 2.03. The summed E-state index contributed by atoms with van der Waals surface area (Å²) in [5.74, 6) is -0.275. The van der Waals surface area contributed by atoms with Crippen LogP contribution in [0.15, 0.2) is 24.3 Å². The zero-order chi connectivity index (χ0) is 36.7. The lowest BCUT2D eigenvalue weighted by atomic mass is 9.99. The third-order valence-electron chi connectivity index (χ3n) is 9.84. The van der Waals surface area contributed by atoms with Crippen molar-refractivity contribution in [1.82, 2.24) is 5.32 Å². The van der Waals surface area contributed by atoms with Gasteiger partial charge in [-0.15, -0.1) is 0 Å². The molecule has 1 heterocycles. The van der Waals surface area contributed by atoms with Gasteiger partial charge in [-0.1, -0.05) is 167 Å². The van der Waals surface area contributed by atoms with Crippen molar-refractivity contribution in [1.29, 1.82) is 0 Å². The summed E-state index contributed by atoms with van der Waals surface area (Å²) in [6, 6.07) is -0.814. The minimum absolute atomic E-state index is 0.209. The van der Waals surface area contributed by atoms with Gasteiger partial charge in [-0.25, -0.2) is 0 Å². The summed E-state index contributed by atoms with van der Waals surface area (Å²) in [7, 11) is 0. The molecule has 294 valence electrons. The summed E-state index contributed by atoms with van der Waals surface area (Å²) in [6.45, 7) is 3.20. The molecular formula is C41H77NO8. The van der Waals surface area contributed by atoms with Gasteiger partial charge in [0, 0.05) is 6.42 Å². The maximum Gasteiger partial charge on any atom is 0.220 e. The second-order valence-corrected chi connectivity index (χ2v) is 14.4. The molecule has 0 aromatic heterocycles. The van der Waals surface area contributed by atoms with Crippen molar-refractivity contribution in [2.45, 2.75) is 217 Å². The Morgan fingerprint density at radius 3 is 1.60 bits per heavy atom. The molecule has 1 rings (SSSR count). The average molecular weight is 712 g/mol. The first kappa shape index (κ1) is 46.7. The molecule has 7 atom stereocenters. The van der Waals surface area contributed by atoms with Gasteiger partial charge in [0.15, 0.2) is 6.29 Å².